The molecular formula is C20H22F3N5O. The second kappa shape index (κ2) is 8.18. The molecule has 0 spiro atoms. The van der Waals surface area contributed by atoms with Crippen LogP contribution in [0.5, 0.6) is 0 Å². The number of nitrogens with one attached hydrogen (secondary N) is 1. The lowest BCUT2D eigenvalue weighted by Crippen LogP contribution is -2.26. The minimum atomic E-state index is -4.63. The van der Waals surface area contributed by atoms with Crippen LogP contribution in [0, 0.1) is 20.8 Å². The summed E-state index contributed by atoms with van der Waals surface area (Å²) in [6.45, 7) is 5.90. The summed E-state index contributed by atoms with van der Waals surface area (Å²) in [6, 6.07) is 8.00. The predicted octanol–water partition coefficient (Wildman–Crippen LogP) is 3.36. The maximum atomic E-state index is 12.9. The zero-order valence-corrected chi connectivity index (χ0v) is 16.5. The number of nitrogens with zero attached hydrogens (tertiary/aromatic N) is 4. The van der Waals surface area contributed by atoms with E-state index in [1.807, 2.05) is 31.2 Å². The fraction of sp³-hybridized carbons (Fsp3) is 0.400. The Morgan fingerprint density at radius 2 is 1.83 bits per heavy atom. The molecule has 0 unspecified atom stereocenters. The topological polar surface area (TPSA) is 72.2 Å². The van der Waals surface area contributed by atoms with Crippen molar-refractivity contribution in [1.82, 2.24) is 24.9 Å². The highest BCUT2D eigenvalue weighted by molar-refractivity contribution is 5.76. The Morgan fingerprint density at radius 1 is 1.10 bits per heavy atom. The van der Waals surface area contributed by atoms with Gasteiger partial charge in [0.25, 0.3) is 11.6 Å². The summed E-state index contributed by atoms with van der Waals surface area (Å²) < 4.78 is 39.7. The largest absolute Gasteiger partial charge is 0.453 e. The number of benzene rings is 1. The number of aromatic nitrogens is 4. The number of aryl methyl sites for hydroxylation is 3. The smallest absolute Gasteiger partial charge is 0.356 e. The predicted molar refractivity (Wildman–Crippen MR) is 101 cm³/mol. The Balaban J connectivity index is 1.64. The van der Waals surface area contributed by atoms with Gasteiger partial charge in [-0.25, -0.2) is 9.50 Å². The van der Waals surface area contributed by atoms with Crippen molar-refractivity contribution in [2.75, 3.05) is 6.54 Å². The van der Waals surface area contributed by atoms with E-state index < -0.39 is 12.0 Å². The highest BCUT2D eigenvalue weighted by Gasteiger charge is 2.36. The standard InChI is InChI=1S/C20H22F3N5O/c1-12-6-4-5-7-15(12)10-11-24-17(29)9-8-16-13(2)25-19-26-18(20(21,22)23)27-28(19)14(16)3/h4-7H,8-11H2,1-3H3,(H,24,29). The van der Waals surface area contributed by atoms with Crippen LogP contribution in [-0.4, -0.2) is 32.0 Å². The van der Waals surface area contributed by atoms with Crippen molar-refractivity contribution in [3.05, 3.63) is 58.2 Å². The highest BCUT2D eigenvalue weighted by Crippen LogP contribution is 2.27. The molecule has 0 aliphatic carbocycles. The van der Waals surface area contributed by atoms with Gasteiger partial charge in [-0.1, -0.05) is 24.3 Å². The van der Waals surface area contributed by atoms with Crippen LogP contribution >= 0.6 is 0 Å². The van der Waals surface area contributed by atoms with Gasteiger partial charge < -0.3 is 5.32 Å². The summed E-state index contributed by atoms with van der Waals surface area (Å²) in [5, 5.41) is 6.41. The van der Waals surface area contributed by atoms with Gasteiger partial charge in [-0.3, -0.25) is 4.79 Å². The summed E-state index contributed by atoms with van der Waals surface area (Å²) in [5.41, 5.74) is 4.11. The maximum Gasteiger partial charge on any atom is 0.453 e. The van der Waals surface area contributed by atoms with Crippen LogP contribution in [0.4, 0.5) is 13.2 Å². The third-order valence-electron chi connectivity index (χ3n) is 4.88. The molecule has 29 heavy (non-hydrogen) atoms. The molecule has 0 bridgehead atoms. The van der Waals surface area contributed by atoms with E-state index in [2.05, 4.69) is 20.4 Å². The van der Waals surface area contributed by atoms with Crippen LogP contribution in [0.15, 0.2) is 24.3 Å². The maximum absolute atomic E-state index is 12.9. The third kappa shape index (κ3) is 4.72. The van der Waals surface area contributed by atoms with Gasteiger partial charge in [0.2, 0.25) is 5.91 Å². The van der Waals surface area contributed by atoms with Crippen LogP contribution in [0.25, 0.3) is 5.78 Å². The second-order valence-electron chi connectivity index (χ2n) is 6.93. The summed E-state index contributed by atoms with van der Waals surface area (Å²) in [6.07, 6.45) is -3.32. The van der Waals surface area contributed by atoms with Crippen molar-refractivity contribution >= 4 is 11.7 Å². The number of hydrogen-bond acceptors (Lipinski definition) is 4. The number of hydrogen-bond donors (Lipinski definition) is 1. The Morgan fingerprint density at radius 3 is 2.52 bits per heavy atom. The first-order valence-electron chi connectivity index (χ1n) is 9.28. The molecule has 1 amide bonds. The molecular weight excluding hydrogens is 383 g/mol. The number of rotatable bonds is 6. The van der Waals surface area contributed by atoms with E-state index in [1.54, 1.807) is 13.8 Å². The first-order chi connectivity index (χ1) is 13.7. The number of alkyl halides is 3. The highest BCUT2D eigenvalue weighted by atomic mass is 19.4. The Kier molecular flexibility index (Phi) is 5.86. The Hall–Kier alpha value is -2.97. The van der Waals surface area contributed by atoms with Gasteiger partial charge in [-0.2, -0.15) is 18.2 Å². The molecule has 2 aromatic heterocycles. The van der Waals surface area contributed by atoms with E-state index in [0.717, 1.165) is 10.9 Å². The van der Waals surface area contributed by atoms with Crippen molar-refractivity contribution in [2.24, 2.45) is 0 Å². The van der Waals surface area contributed by atoms with E-state index in [9.17, 15) is 18.0 Å². The van der Waals surface area contributed by atoms with Gasteiger partial charge in [0.15, 0.2) is 0 Å². The average molecular weight is 405 g/mol. The minimum Gasteiger partial charge on any atom is -0.356 e. The van der Waals surface area contributed by atoms with Gasteiger partial charge in [0.05, 0.1) is 0 Å². The first kappa shape index (κ1) is 20.8. The molecule has 0 aliphatic heterocycles. The van der Waals surface area contributed by atoms with E-state index in [4.69, 9.17) is 0 Å². The van der Waals surface area contributed by atoms with Gasteiger partial charge in [0.1, 0.15) is 0 Å². The van der Waals surface area contributed by atoms with Crippen molar-refractivity contribution < 1.29 is 18.0 Å². The van der Waals surface area contributed by atoms with Crippen LogP contribution in [0.3, 0.4) is 0 Å². The summed E-state index contributed by atoms with van der Waals surface area (Å²) in [5.74, 6) is -1.44. The molecule has 0 fully saturated rings. The van der Waals surface area contributed by atoms with Crippen LogP contribution in [0.1, 0.15) is 40.3 Å². The quantitative estimate of drug-likeness (QED) is 0.683. The van der Waals surface area contributed by atoms with Crippen LogP contribution < -0.4 is 5.32 Å². The van der Waals surface area contributed by atoms with E-state index >= 15 is 0 Å². The van der Waals surface area contributed by atoms with Gasteiger partial charge >= 0.3 is 6.18 Å². The molecule has 6 nitrogen and oxygen atoms in total. The summed E-state index contributed by atoms with van der Waals surface area (Å²) in [4.78, 5) is 19.8. The summed E-state index contributed by atoms with van der Waals surface area (Å²) >= 11 is 0. The molecule has 0 radical (unpaired) electrons. The molecule has 1 aromatic carbocycles. The lowest BCUT2D eigenvalue weighted by atomic mass is 10.1. The molecule has 154 valence electrons. The van der Waals surface area contributed by atoms with Gasteiger partial charge in [-0.05, 0) is 50.3 Å². The Labute approximate surface area is 166 Å². The molecule has 9 heteroatoms. The van der Waals surface area contributed by atoms with E-state index in [0.29, 0.717) is 29.9 Å². The van der Waals surface area contributed by atoms with E-state index in [1.165, 1.54) is 11.1 Å². The molecule has 0 saturated heterocycles. The van der Waals surface area contributed by atoms with Crippen molar-refractivity contribution in [1.29, 1.82) is 0 Å². The third-order valence-corrected chi connectivity index (χ3v) is 4.88. The van der Waals surface area contributed by atoms with Crippen molar-refractivity contribution in [3.63, 3.8) is 0 Å². The minimum absolute atomic E-state index is 0.0984. The lowest BCUT2D eigenvalue weighted by molar-refractivity contribution is -0.144. The second-order valence-corrected chi connectivity index (χ2v) is 6.93. The molecule has 1 N–H and O–H groups in total. The number of carbonyl (C=O) groups excluding carboxylic acids is 1. The van der Waals surface area contributed by atoms with E-state index in [-0.39, 0.29) is 18.1 Å². The molecule has 0 aliphatic rings. The lowest BCUT2D eigenvalue weighted by Gasteiger charge is -2.11. The monoisotopic (exact) mass is 405 g/mol. The van der Waals surface area contributed by atoms with Crippen molar-refractivity contribution in [2.45, 2.75) is 46.2 Å². The fourth-order valence-corrected chi connectivity index (χ4v) is 3.24. The van der Waals surface area contributed by atoms with Gasteiger partial charge in [0, 0.05) is 24.4 Å². The zero-order valence-electron chi connectivity index (χ0n) is 16.5. The van der Waals surface area contributed by atoms with Gasteiger partial charge in [-0.15, -0.1) is 5.10 Å². The van der Waals surface area contributed by atoms with Crippen LogP contribution in [-0.2, 0) is 23.8 Å². The molecule has 2 heterocycles. The van der Waals surface area contributed by atoms with Crippen LogP contribution in [0.2, 0.25) is 0 Å². The zero-order chi connectivity index (χ0) is 21.2. The number of carbonyl (C=O) groups is 1. The first-order valence-corrected chi connectivity index (χ1v) is 9.28. The normalized spacial score (nSPS) is 11.8. The number of amides is 1. The molecule has 3 aromatic rings. The SMILES string of the molecule is Cc1ccccc1CCNC(=O)CCc1c(C)nc2nc(C(F)(F)F)nn2c1C. The number of fused-ring (bicyclic) bond motifs is 1. The molecule has 3 rings (SSSR count). The average Bonchev–Trinajstić information content (AvgIpc) is 3.08. The Bertz CT molecular complexity index is 1040. The fourth-order valence-electron chi connectivity index (χ4n) is 3.24. The molecule has 0 saturated carbocycles. The number of halogens is 3. The van der Waals surface area contributed by atoms with Crippen molar-refractivity contribution in [3.8, 4) is 0 Å². The summed E-state index contributed by atoms with van der Waals surface area (Å²) in [7, 11) is 0. The molecule has 0 atom stereocenters.